The molecule has 4 rings (SSSR count). The summed E-state index contributed by atoms with van der Waals surface area (Å²) in [6.45, 7) is 0. The fourth-order valence-electron chi connectivity index (χ4n) is 1.88. The Kier molecular flexibility index (Phi) is 0.660. The first-order chi connectivity index (χ1) is 12.6. The summed E-state index contributed by atoms with van der Waals surface area (Å²) in [4.78, 5) is 2.77. The maximum absolute atomic E-state index is 8.52. The number of para-hydroxylation sites is 1. The zero-order valence-electron chi connectivity index (χ0n) is 18.5. The summed E-state index contributed by atoms with van der Waals surface area (Å²) in [6, 6.07) is -4.17. The summed E-state index contributed by atoms with van der Waals surface area (Å²) < 4.78 is 80.7. The second kappa shape index (κ2) is 3.11. The average Bonchev–Trinajstić information content (AvgIpc) is 3.05. The molecule has 0 radical (unpaired) electrons. The maximum Gasteiger partial charge on any atom is 0.0652 e. The van der Waals surface area contributed by atoms with E-state index >= 15 is 0 Å². The average molecular weight is 227 g/mol. The Bertz CT molecular complexity index is 1320. The standard InChI is InChI=1S/C16H11N/c1-2-6-12-10-16-14(9-11(12)5-1)13-7-3-4-8-15(13)17-16/h1-10,17H/i1D,2D,3D,4D,5D,6D,7D,8D,9D,10D. The minimum Gasteiger partial charge on any atom is -0.354 e. The molecule has 0 amide bonds. The van der Waals surface area contributed by atoms with Gasteiger partial charge in [0.2, 0.25) is 0 Å². The van der Waals surface area contributed by atoms with Crippen LogP contribution in [0.5, 0.6) is 0 Å². The molecule has 0 aliphatic carbocycles. The number of fused-ring (bicyclic) bond motifs is 4. The van der Waals surface area contributed by atoms with Crippen molar-refractivity contribution in [3.8, 4) is 0 Å². The first-order valence-corrected chi connectivity index (χ1v) is 5.00. The summed E-state index contributed by atoms with van der Waals surface area (Å²) in [7, 11) is 0. The van der Waals surface area contributed by atoms with Gasteiger partial charge in [0.1, 0.15) is 0 Å². The first kappa shape index (κ1) is 3.61. The van der Waals surface area contributed by atoms with Gasteiger partial charge in [0.05, 0.1) is 13.7 Å². The molecule has 1 heterocycles. The van der Waals surface area contributed by atoms with Crippen molar-refractivity contribution >= 4 is 32.6 Å². The molecule has 0 aliphatic heterocycles. The molecule has 1 N–H and O–H groups in total. The van der Waals surface area contributed by atoms with Gasteiger partial charge in [0, 0.05) is 21.8 Å². The van der Waals surface area contributed by atoms with E-state index in [1.165, 1.54) is 0 Å². The predicted molar refractivity (Wildman–Crippen MR) is 73.3 cm³/mol. The fraction of sp³-hybridized carbons (Fsp3) is 0. The molecule has 0 aliphatic rings. The minimum atomic E-state index is -0.526. The van der Waals surface area contributed by atoms with Gasteiger partial charge in [-0.3, -0.25) is 0 Å². The molecule has 0 saturated heterocycles. The minimum absolute atomic E-state index is 0.0311. The summed E-state index contributed by atoms with van der Waals surface area (Å²) in [5, 5.41) is -0.199. The molecule has 0 fully saturated rings. The van der Waals surface area contributed by atoms with Crippen molar-refractivity contribution in [1.29, 1.82) is 0 Å². The lowest BCUT2D eigenvalue weighted by Crippen LogP contribution is -1.72. The topological polar surface area (TPSA) is 15.8 Å². The molecule has 1 heteroatoms. The first-order valence-electron chi connectivity index (χ1n) is 10.0. The summed E-state index contributed by atoms with van der Waals surface area (Å²) >= 11 is 0. The van der Waals surface area contributed by atoms with Crippen molar-refractivity contribution in [1.82, 2.24) is 4.98 Å². The van der Waals surface area contributed by atoms with Crippen LogP contribution in [0.4, 0.5) is 0 Å². The van der Waals surface area contributed by atoms with E-state index in [1.807, 2.05) is 0 Å². The van der Waals surface area contributed by atoms with E-state index < -0.39 is 36.3 Å². The van der Waals surface area contributed by atoms with Crippen molar-refractivity contribution in [3.05, 3.63) is 60.4 Å². The van der Waals surface area contributed by atoms with E-state index in [9.17, 15) is 0 Å². The van der Waals surface area contributed by atoms with E-state index in [0.29, 0.717) is 0 Å². The van der Waals surface area contributed by atoms with E-state index in [2.05, 4.69) is 4.98 Å². The highest BCUT2D eigenvalue weighted by Crippen LogP contribution is 2.28. The van der Waals surface area contributed by atoms with E-state index in [1.54, 1.807) is 0 Å². The van der Waals surface area contributed by atoms with E-state index in [4.69, 9.17) is 13.7 Å². The molecule has 0 atom stereocenters. The van der Waals surface area contributed by atoms with Crippen LogP contribution < -0.4 is 0 Å². The predicted octanol–water partition coefficient (Wildman–Crippen LogP) is 4.47. The summed E-state index contributed by atoms with van der Waals surface area (Å²) in [5.41, 5.74) is 0.0723. The molecule has 17 heavy (non-hydrogen) atoms. The molecule has 0 spiro atoms. The van der Waals surface area contributed by atoms with Crippen molar-refractivity contribution in [2.75, 3.05) is 0 Å². The Morgan fingerprint density at radius 2 is 1.41 bits per heavy atom. The molecule has 0 bridgehead atoms. The van der Waals surface area contributed by atoms with Gasteiger partial charge >= 0.3 is 0 Å². The van der Waals surface area contributed by atoms with Crippen LogP contribution in [0.3, 0.4) is 0 Å². The summed E-state index contributed by atoms with van der Waals surface area (Å²) in [6.07, 6.45) is 0. The number of rotatable bonds is 0. The Morgan fingerprint density at radius 3 is 2.29 bits per heavy atom. The maximum atomic E-state index is 8.52. The number of aromatic amines is 1. The van der Waals surface area contributed by atoms with Crippen LogP contribution in [-0.2, 0) is 0 Å². The van der Waals surface area contributed by atoms with E-state index in [-0.39, 0.29) is 56.7 Å². The van der Waals surface area contributed by atoms with Crippen LogP contribution in [0.1, 0.15) is 13.7 Å². The smallest absolute Gasteiger partial charge is 0.0652 e. The Balaban J connectivity index is 2.44. The molecule has 80 valence electrons. The van der Waals surface area contributed by atoms with Gasteiger partial charge in [-0.1, -0.05) is 42.3 Å². The van der Waals surface area contributed by atoms with Crippen molar-refractivity contribution in [3.63, 3.8) is 0 Å². The fourth-order valence-corrected chi connectivity index (χ4v) is 1.88. The third-order valence-electron chi connectivity index (χ3n) is 2.62. The van der Waals surface area contributed by atoms with Gasteiger partial charge in [0.25, 0.3) is 0 Å². The molecular weight excluding hydrogens is 206 g/mol. The number of H-pyrrole nitrogens is 1. The van der Waals surface area contributed by atoms with Gasteiger partial charge in [-0.25, -0.2) is 0 Å². The lowest BCUT2D eigenvalue weighted by Gasteiger charge is -1.97. The summed E-state index contributed by atoms with van der Waals surface area (Å²) in [5.74, 6) is 0. The second-order valence-corrected chi connectivity index (χ2v) is 3.62. The zero-order chi connectivity index (χ0) is 19.9. The molecule has 3 aromatic carbocycles. The Hall–Kier alpha value is -2.28. The third kappa shape index (κ3) is 1.19. The lowest BCUT2D eigenvalue weighted by molar-refractivity contribution is 1.55. The molecule has 0 unspecified atom stereocenters. The van der Waals surface area contributed by atoms with Gasteiger partial charge in [0.15, 0.2) is 0 Å². The van der Waals surface area contributed by atoms with Gasteiger partial charge in [-0.05, 0) is 28.9 Å². The quantitative estimate of drug-likeness (QED) is 0.456. The number of aromatic nitrogens is 1. The van der Waals surface area contributed by atoms with Gasteiger partial charge in [-0.15, -0.1) is 0 Å². The van der Waals surface area contributed by atoms with Crippen LogP contribution in [0.15, 0.2) is 60.4 Å². The third-order valence-corrected chi connectivity index (χ3v) is 2.62. The molecule has 1 nitrogen and oxygen atoms in total. The SMILES string of the molecule is [2H]c1c([2H])c([2H])c2c([nH]c3c([2H])c4c([2H])c([2H])c([2H])c([2H])c4c([2H])c32)c1[2H]. The van der Waals surface area contributed by atoms with Crippen LogP contribution in [0.2, 0.25) is 0 Å². The highest BCUT2D eigenvalue weighted by atomic mass is 14.7. The normalized spacial score (nSPS) is 19.8. The number of nitrogens with one attached hydrogen (secondary N) is 1. The molecule has 0 saturated carbocycles. The second-order valence-electron chi connectivity index (χ2n) is 3.62. The van der Waals surface area contributed by atoms with Crippen LogP contribution in [0.25, 0.3) is 32.6 Å². The van der Waals surface area contributed by atoms with Crippen molar-refractivity contribution in [2.45, 2.75) is 0 Å². The number of hydrogen-bond acceptors (Lipinski definition) is 0. The van der Waals surface area contributed by atoms with E-state index in [0.717, 1.165) is 0 Å². The van der Waals surface area contributed by atoms with Crippen molar-refractivity contribution < 1.29 is 13.7 Å². The lowest BCUT2D eigenvalue weighted by atomic mass is 10.1. The van der Waals surface area contributed by atoms with Crippen LogP contribution in [-0.4, -0.2) is 4.98 Å². The molecular formula is C16H11N. The Morgan fingerprint density at radius 1 is 0.706 bits per heavy atom. The highest BCUT2D eigenvalue weighted by Gasteiger charge is 2.04. The molecule has 4 aromatic rings. The van der Waals surface area contributed by atoms with Crippen LogP contribution in [0, 0.1) is 0 Å². The highest BCUT2D eigenvalue weighted by molar-refractivity contribution is 6.11. The monoisotopic (exact) mass is 227 g/mol. The molecule has 1 aromatic heterocycles. The van der Waals surface area contributed by atoms with Gasteiger partial charge in [-0.2, -0.15) is 0 Å². The number of hydrogen-bond donors (Lipinski definition) is 1. The van der Waals surface area contributed by atoms with Crippen molar-refractivity contribution in [2.24, 2.45) is 0 Å². The number of benzene rings is 3. The largest absolute Gasteiger partial charge is 0.354 e. The zero-order valence-corrected chi connectivity index (χ0v) is 8.50. The van der Waals surface area contributed by atoms with Crippen LogP contribution >= 0.6 is 0 Å². The Labute approximate surface area is 113 Å². The van der Waals surface area contributed by atoms with Gasteiger partial charge < -0.3 is 4.98 Å².